The molecule has 0 radical (unpaired) electrons. The predicted octanol–water partition coefficient (Wildman–Crippen LogP) is 4.34. The molecular formula is C16H16BrFN2O. The summed E-state index contributed by atoms with van der Waals surface area (Å²) in [5.74, 6) is 0.199. The van der Waals surface area contributed by atoms with Gasteiger partial charge in [-0.05, 0) is 49.6 Å². The Morgan fingerprint density at radius 3 is 2.90 bits per heavy atom. The lowest BCUT2D eigenvalue weighted by molar-refractivity contribution is 0.423. The molecule has 3 nitrogen and oxygen atoms in total. The fourth-order valence-corrected chi connectivity index (χ4v) is 2.37. The maximum Gasteiger partial charge on any atom is 0.222 e. The lowest BCUT2D eigenvalue weighted by Crippen LogP contribution is -2.15. The molecule has 0 spiro atoms. The summed E-state index contributed by atoms with van der Waals surface area (Å²) in [6, 6.07) is 7.28. The van der Waals surface area contributed by atoms with E-state index in [1.54, 1.807) is 18.3 Å². The first-order valence-corrected chi connectivity index (χ1v) is 7.73. The van der Waals surface area contributed by atoms with Gasteiger partial charge in [0.25, 0.3) is 0 Å². The molecule has 1 heterocycles. The van der Waals surface area contributed by atoms with Crippen molar-refractivity contribution in [2.24, 2.45) is 0 Å². The summed E-state index contributed by atoms with van der Waals surface area (Å²) in [4.78, 5) is 4.30. The van der Waals surface area contributed by atoms with Crippen molar-refractivity contribution >= 4 is 15.9 Å². The summed E-state index contributed by atoms with van der Waals surface area (Å²) < 4.78 is 20.0. The molecule has 0 bridgehead atoms. The summed E-state index contributed by atoms with van der Waals surface area (Å²) >= 11 is 3.30. The summed E-state index contributed by atoms with van der Waals surface area (Å²) in [5.41, 5.74) is 2.01. The van der Waals surface area contributed by atoms with Crippen LogP contribution >= 0.6 is 15.9 Å². The highest BCUT2D eigenvalue weighted by atomic mass is 79.9. The van der Waals surface area contributed by atoms with E-state index in [-0.39, 0.29) is 5.75 Å². The van der Waals surface area contributed by atoms with Gasteiger partial charge in [0.1, 0.15) is 0 Å². The van der Waals surface area contributed by atoms with E-state index >= 15 is 0 Å². The number of rotatable bonds is 5. The van der Waals surface area contributed by atoms with Crippen LogP contribution in [0, 0.1) is 12.7 Å². The molecule has 21 heavy (non-hydrogen) atoms. The maximum absolute atomic E-state index is 13.7. The van der Waals surface area contributed by atoms with Crippen LogP contribution in [0.1, 0.15) is 24.0 Å². The topological polar surface area (TPSA) is 34.2 Å². The smallest absolute Gasteiger partial charge is 0.222 e. The van der Waals surface area contributed by atoms with Gasteiger partial charge in [-0.15, -0.1) is 0 Å². The molecule has 5 heteroatoms. The molecule has 0 unspecified atom stereocenters. The largest absolute Gasteiger partial charge is 0.436 e. The van der Waals surface area contributed by atoms with E-state index in [1.165, 1.54) is 18.9 Å². The monoisotopic (exact) mass is 350 g/mol. The van der Waals surface area contributed by atoms with Gasteiger partial charge in [-0.1, -0.05) is 15.9 Å². The van der Waals surface area contributed by atoms with Crippen molar-refractivity contribution in [2.45, 2.75) is 32.4 Å². The highest BCUT2D eigenvalue weighted by Crippen LogP contribution is 2.28. The van der Waals surface area contributed by atoms with Gasteiger partial charge >= 0.3 is 0 Å². The van der Waals surface area contributed by atoms with E-state index in [2.05, 4.69) is 26.2 Å². The van der Waals surface area contributed by atoms with Crippen LogP contribution in [0.5, 0.6) is 11.6 Å². The zero-order valence-electron chi connectivity index (χ0n) is 11.7. The van der Waals surface area contributed by atoms with Crippen LogP contribution in [0.4, 0.5) is 4.39 Å². The minimum atomic E-state index is -0.404. The van der Waals surface area contributed by atoms with E-state index in [4.69, 9.17) is 4.74 Å². The third-order valence-corrected chi connectivity index (χ3v) is 3.85. The summed E-state index contributed by atoms with van der Waals surface area (Å²) in [6.07, 6.45) is 4.29. The van der Waals surface area contributed by atoms with Gasteiger partial charge in [-0.3, -0.25) is 0 Å². The van der Waals surface area contributed by atoms with Crippen LogP contribution in [0.15, 0.2) is 34.9 Å². The highest BCUT2D eigenvalue weighted by Gasteiger charge is 2.20. The number of halogens is 2. The van der Waals surface area contributed by atoms with E-state index in [9.17, 15) is 4.39 Å². The summed E-state index contributed by atoms with van der Waals surface area (Å²) in [6.45, 7) is 2.73. The fourth-order valence-electron chi connectivity index (χ4n) is 2.03. The van der Waals surface area contributed by atoms with Crippen LogP contribution in [-0.2, 0) is 6.54 Å². The first kappa shape index (κ1) is 14.5. The molecule has 110 valence electrons. The molecule has 2 aromatic rings. The summed E-state index contributed by atoms with van der Waals surface area (Å²) in [5, 5.41) is 3.44. The first-order valence-electron chi connectivity index (χ1n) is 6.93. The Morgan fingerprint density at radius 1 is 1.38 bits per heavy atom. The Balaban J connectivity index is 1.74. The second-order valence-corrected chi connectivity index (χ2v) is 6.21. The average Bonchev–Trinajstić information content (AvgIpc) is 3.27. The number of ether oxygens (including phenoxy) is 1. The van der Waals surface area contributed by atoms with Crippen molar-refractivity contribution in [3.05, 3.63) is 51.9 Å². The first-order chi connectivity index (χ1) is 10.1. The minimum Gasteiger partial charge on any atom is -0.436 e. The standard InChI is InChI=1S/C16H16BrFN2O/c1-10-6-11(8-19-13-3-4-13)9-20-16(10)21-15-7-12(17)2-5-14(15)18/h2,5-7,9,13,19H,3-4,8H2,1H3. The van der Waals surface area contributed by atoms with Gasteiger partial charge in [0.2, 0.25) is 5.88 Å². The molecule has 1 saturated carbocycles. The zero-order valence-corrected chi connectivity index (χ0v) is 13.3. The Bertz CT molecular complexity index is 659. The van der Waals surface area contributed by atoms with Gasteiger partial charge in [0.05, 0.1) is 0 Å². The molecule has 0 atom stereocenters. The molecule has 1 aromatic carbocycles. The molecule has 0 amide bonds. The second-order valence-electron chi connectivity index (χ2n) is 5.30. The van der Waals surface area contributed by atoms with Crippen molar-refractivity contribution in [1.29, 1.82) is 0 Å². The Morgan fingerprint density at radius 2 is 2.19 bits per heavy atom. The zero-order chi connectivity index (χ0) is 14.8. The molecule has 1 aliphatic rings. The van der Waals surface area contributed by atoms with Crippen LogP contribution < -0.4 is 10.1 Å². The number of hydrogen-bond acceptors (Lipinski definition) is 3. The van der Waals surface area contributed by atoms with Crippen molar-refractivity contribution in [1.82, 2.24) is 10.3 Å². The quantitative estimate of drug-likeness (QED) is 0.870. The number of pyridine rings is 1. The number of nitrogens with zero attached hydrogens (tertiary/aromatic N) is 1. The van der Waals surface area contributed by atoms with Gasteiger partial charge < -0.3 is 10.1 Å². The Hall–Kier alpha value is -1.46. The minimum absolute atomic E-state index is 0.170. The van der Waals surface area contributed by atoms with Gasteiger partial charge in [-0.25, -0.2) is 9.37 Å². The van der Waals surface area contributed by atoms with Crippen LogP contribution in [0.3, 0.4) is 0 Å². The Labute approximate surface area is 131 Å². The maximum atomic E-state index is 13.7. The lowest BCUT2D eigenvalue weighted by atomic mass is 10.2. The molecule has 0 aliphatic heterocycles. The van der Waals surface area contributed by atoms with E-state index in [0.29, 0.717) is 11.9 Å². The van der Waals surface area contributed by atoms with Gasteiger partial charge in [-0.2, -0.15) is 0 Å². The SMILES string of the molecule is Cc1cc(CNC2CC2)cnc1Oc1cc(Br)ccc1F. The normalized spacial score (nSPS) is 14.2. The molecule has 1 fully saturated rings. The molecule has 1 aliphatic carbocycles. The molecule has 0 saturated heterocycles. The number of hydrogen-bond donors (Lipinski definition) is 1. The molecule has 3 rings (SSSR count). The predicted molar refractivity (Wildman–Crippen MR) is 83.0 cm³/mol. The highest BCUT2D eigenvalue weighted by molar-refractivity contribution is 9.10. The molecule has 1 aromatic heterocycles. The van der Waals surface area contributed by atoms with Crippen LogP contribution in [-0.4, -0.2) is 11.0 Å². The summed E-state index contributed by atoms with van der Waals surface area (Å²) in [7, 11) is 0. The van der Waals surface area contributed by atoms with E-state index < -0.39 is 5.82 Å². The lowest BCUT2D eigenvalue weighted by Gasteiger charge is -2.10. The number of aryl methyl sites for hydroxylation is 1. The van der Waals surface area contributed by atoms with Gasteiger partial charge in [0, 0.05) is 28.8 Å². The molecular weight excluding hydrogens is 335 g/mol. The molecule has 1 N–H and O–H groups in total. The second kappa shape index (κ2) is 6.12. The van der Waals surface area contributed by atoms with Crippen molar-refractivity contribution in [3.63, 3.8) is 0 Å². The third kappa shape index (κ3) is 3.80. The van der Waals surface area contributed by atoms with Crippen molar-refractivity contribution < 1.29 is 9.13 Å². The third-order valence-electron chi connectivity index (χ3n) is 3.36. The average molecular weight is 351 g/mol. The Kier molecular flexibility index (Phi) is 4.22. The van der Waals surface area contributed by atoms with E-state index in [0.717, 1.165) is 22.1 Å². The van der Waals surface area contributed by atoms with Gasteiger partial charge in [0.15, 0.2) is 11.6 Å². The van der Waals surface area contributed by atoms with Crippen molar-refractivity contribution in [2.75, 3.05) is 0 Å². The van der Waals surface area contributed by atoms with E-state index in [1.807, 2.05) is 13.0 Å². The number of benzene rings is 1. The number of nitrogens with one attached hydrogen (secondary N) is 1. The van der Waals surface area contributed by atoms with Crippen LogP contribution in [0.25, 0.3) is 0 Å². The van der Waals surface area contributed by atoms with Crippen LogP contribution in [0.2, 0.25) is 0 Å². The van der Waals surface area contributed by atoms with Crippen molar-refractivity contribution in [3.8, 4) is 11.6 Å². The fraction of sp³-hybridized carbons (Fsp3) is 0.312. The number of aromatic nitrogens is 1.